The molecule has 0 fully saturated rings. The van der Waals surface area contributed by atoms with Crippen LogP contribution in [0.5, 0.6) is 0 Å². The maximum Gasteiger partial charge on any atom is 0.306 e. The molecule has 0 rings (SSSR count). The molecule has 59 heavy (non-hydrogen) atoms. The summed E-state index contributed by atoms with van der Waals surface area (Å²) in [7, 11) is 0. The van der Waals surface area contributed by atoms with Crippen LogP contribution < -0.4 is 0 Å². The van der Waals surface area contributed by atoms with E-state index in [9.17, 15) is 14.4 Å². The highest BCUT2D eigenvalue weighted by Crippen LogP contribution is 2.18. The quantitative estimate of drug-likeness (QED) is 0.0345. The van der Waals surface area contributed by atoms with Crippen molar-refractivity contribution in [2.75, 3.05) is 13.2 Å². The summed E-state index contributed by atoms with van der Waals surface area (Å²) in [5.41, 5.74) is 0. The predicted octanol–water partition coefficient (Wildman–Crippen LogP) is 16.8. The monoisotopic (exact) mass is 835 g/mol. The fraction of sp³-hybridized carbons (Fsp3) is 0.943. The molecule has 6 nitrogen and oxygen atoms in total. The summed E-state index contributed by atoms with van der Waals surface area (Å²) in [5.74, 6) is 1.66. The van der Waals surface area contributed by atoms with Crippen molar-refractivity contribution in [1.82, 2.24) is 0 Å². The van der Waals surface area contributed by atoms with Crippen LogP contribution >= 0.6 is 0 Å². The van der Waals surface area contributed by atoms with Crippen LogP contribution in [0.4, 0.5) is 0 Å². The molecule has 0 aromatic carbocycles. The minimum absolute atomic E-state index is 0.0658. The molecule has 0 spiro atoms. The lowest BCUT2D eigenvalue weighted by atomic mass is 9.99. The van der Waals surface area contributed by atoms with Crippen LogP contribution in [0.1, 0.15) is 286 Å². The second-order valence-corrected chi connectivity index (χ2v) is 19.1. The third kappa shape index (κ3) is 44.3. The molecule has 0 saturated heterocycles. The first kappa shape index (κ1) is 57.4. The van der Waals surface area contributed by atoms with E-state index < -0.39 is 6.10 Å². The van der Waals surface area contributed by atoms with Crippen LogP contribution in [-0.4, -0.2) is 37.2 Å². The van der Waals surface area contributed by atoms with Crippen LogP contribution in [0.3, 0.4) is 0 Å². The predicted molar refractivity (Wildman–Crippen MR) is 252 cm³/mol. The second kappa shape index (κ2) is 44.5. The number of hydrogen-bond acceptors (Lipinski definition) is 6. The molecular weight excluding hydrogens is 733 g/mol. The van der Waals surface area contributed by atoms with Gasteiger partial charge in [0, 0.05) is 19.3 Å². The third-order valence-corrected chi connectivity index (χ3v) is 12.6. The number of esters is 3. The van der Waals surface area contributed by atoms with Gasteiger partial charge in [-0.15, -0.1) is 0 Å². The van der Waals surface area contributed by atoms with E-state index >= 15 is 0 Å². The molecule has 0 aromatic heterocycles. The van der Waals surface area contributed by atoms with E-state index in [2.05, 4.69) is 41.5 Å². The average molecular weight is 835 g/mol. The zero-order valence-corrected chi connectivity index (χ0v) is 40.5. The van der Waals surface area contributed by atoms with Crippen LogP contribution in [-0.2, 0) is 28.6 Å². The molecule has 0 N–H and O–H groups in total. The minimum atomic E-state index is -0.763. The highest BCUT2D eigenvalue weighted by Gasteiger charge is 2.19. The molecule has 0 aromatic rings. The van der Waals surface area contributed by atoms with Crippen LogP contribution in [0.2, 0.25) is 0 Å². The number of unbranched alkanes of at least 4 members (excludes halogenated alkanes) is 27. The van der Waals surface area contributed by atoms with Crippen molar-refractivity contribution >= 4 is 17.9 Å². The molecule has 6 heteroatoms. The third-order valence-electron chi connectivity index (χ3n) is 12.6. The molecule has 0 bridgehead atoms. The summed E-state index contributed by atoms with van der Waals surface area (Å²) in [6, 6.07) is 0. The first-order valence-electron chi connectivity index (χ1n) is 26.2. The topological polar surface area (TPSA) is 78.9 Å². The fourth-order valence-corrected chi connectivity index (χ4v) is 7.87. The molecule has 0 amide bonds. The Kier molecular flexibility index (Phi) is 43.3. The van der Waals surface area contributed by atoms with E-state index in [4.69, 9.17) is 14.2 Å². The highest BCUT2D eigenvalue weighted by molar-refractivity contribution is 5.71. The van der Waals surface area contributed by atoms with Crippen molar-refractivity contribution in [2.45, 2.75) is 292 Å². The summed E-state index contributed by atoms with van der Waals surface area (Å²) >= 11 is 0. The Morgan fingerprint density at radius 3 is 0.881 bits per heavy atom. The first-order valence-corrected chi connectivity index (χ1v) is 26.2. The first-order chi connectivity index (χ1) is 28.7. The summed E-state index contributed by atoms with van der Waals surface area (Å²) in [4.78, 5) is 37.9. The van der Waals surface area contributed by atoms with Crippen molar-refractivity contribution in [2.24, 2.45) is 17.8 Å². The van der Waals surface area contributed by atoms with Crippen LogP contribution in [0.15, 0.2) is 0 Å². The fourth-order valence-electron chi connectivity index (χ4n) is 7.87. The van der Waals surface area contributed by atoms with Gasteiger partial charge in [0.2, 0.25) is 0 Å². The SMILES string of the molecule is CCC(C)CCCCCCCCCCC(=O)OC[C@@H](COC(=O)CCCCCCCCC(C)CC)OC(=O)CCCCCCCCCCCCCCCCCCC(C)C. The van der Waals surface area contributed by atoms with Gasteiger partial charge in [0.05, 0.1) is 0 Å². The van der Waals surface area contributed by atoms with Gasteiger partial charge in [0.1, 0.15) is 13.2 Å². The van der Waals surface area contributed by atoms with Crippen molar-refractivity contribution in [3.8, 4) is 0 Å². The Balaban J connectivity index is 4.28. The molecule has 2 unspecified atom stereocenters. The van der Waals surface area contributed by atoms with E-state index in [1.165, 1.54) is 167 Å². The van der Waals surface area contributed by atoms with Gasteiger partial charge >= 0.3 is 17.9 Å². The van der Waals surface area contributed by atoms with Crippen molar-refractivity contribution in [1.29, 1.82) is 0 Å². The molecule has 0 saturated carbocycles. The molecule has 0 aliphatic carbocycles. The van der Waals surface area contributed by atoms with Gasteiger partial charge in [-0.1, -0.05) is 247 Å². The van der Waals surface area contributed by atoms with Gasteiger partial charge in [-0.05, 0) is 37.0 Å². The number of carbonyl (C=O) groups excluding carboxylic acids is 3. The van der Waals surface area contributed by atoms with Crippen molar-refractivity contribution in [3.63, 3.8) is 0 Å². The smallest absolute Gasteiger partial charge is 0.306 e. The van der Waals surface area contributed by atoms with Gasteiger partial charge in [0.25, 0.3) is 0 Å². The maximum atomic E-state index is 12.8. The number of carbonyl (C=O) groups is 3. The summed E-state index contributed by atoms with van der Waals surface area (Å²) < 4.78 is 16.8. The van der Waals surface area contributed by atoms with E-state index in [-0.39, 0.29) is 31.1 Å². The summed E-state index contributed by atoms with van der Waals surface area (Å²) in [6.45, 7) is 13.7. The molecular formula is C53H102O6. The minimum Gasteiger partial charge on any atom is -0.462 e. The van der Waals surface area contributed by atoms with Gasteiger partial charge in [-0.25, -0.2) is 0 Å². The Bertz CT molecular complexity index is 918. The van der Waals surface area contributed by atoms with Gasteiger partial charge in [-0.3, -0.25) is 14.4 Å². The molecule has 350 valence electrons. The van der Waals surface area contributed by atoms with Crippen molar-refractivity contribution in [3.05, 3.63) is 0 Å². The zero-order chi connectivity index (χ0) is 43.4. The number of hydrogen-bond donors (Lipinski definition) is 0. The summed E-state index contributed by atoms with van der Waals surface area (Å²) in [5, 5.41) is 0. The lowest BCUT2D eigenvalue weighted by Crippen LogP contribution is -2.30. The average Bonchev–Trinajstić information content (AvgIpc) is 3.22. The normalized spacial score (nSPS) is 13.1. The molecule has 3 atom stereocenters. The Morgan fingerprint density at radius 2 is 0.593 bits per heavy atom. The number of rotatable bonds is 46. The lowest BCUT2D eigenvalue weighted by Gasteiger charge is -2.18. The largest absolute Gasteiger partial charge is 0.462 e. The zero-order valence-electron chi connectivity index (χ0n) is 40.5. The number of ether oxygens (including phenoxy) is 3. The van der Waals surface area contributed by atoms with Gasteiger partial charge in [0.15, 0.2) is 6.10 Å². The summed E-state index contributed by atoms with van der Waals surface area (Å²) in [6.07, 6.45) is 43.8. The lowest BCUT2D eigenvalue weighted by molar-refractivity contribution is -0.167. The molecule has 0 aliphatic rings. The van der Waals surface area contributed by atoms with Crippen LogP contribution in [0.25, 0.3) is 0 Å². The van der Waals surface area contributed by atoms with E-state index in [1.807, 2.05) is 0 Å². The Labute approximate surface area is 368 Å². The van der Waals surface area contributed by atoms with Crippen LogP contribution in [0, 0.1) is 17.8 Å². The Morgan fingerprint density at radius 1 is 0.339 bits per heavy atom. The van der Waals surface area contributed by atoms with Gasteiger partial charge < -0.3 is 14.2 Å². The van der Waals surface area contributed by atoms with E-state index in [1.54, 1.807) is 0 Å². The van der Waals surface area contributed by atoms with E-state index in [0.29, 0.717) is 19.3 Å². The standard InChI is InChI=1S/C53H102O6/c1-7-48(5)40-34-28-22-19-20-23-30-36-42-51(54)57-45-50(46-58-52(55)43-37-31-26-25-29-35-41-49(6)8-2)59-53(56)44-38-32-24-18-16-14-12-10-9-11-13-15-17-21-27-33-39-47(3)4/h47-50H,7-46H2,1-6H3/t48?,49?,50-/m0/s1. The molecule has 0 aliphatic heterocycles. The van der Waals surface area contributed by atoms with E-state index in [0.717, 1.165) is 75.5 Å². The second-order valence-electron chi connectivity index (χ2n) is 19.1. The highest BCUT2D eigenvalue weighted by atomic mass is 16.6. The van der Waals surface area contributed by atoms with Gasteiger partial charge in [-0.2, -0.15) is 0 Å². The maximum absolute atomic E-state index is 12.8. The van der Waals surface area contributed by atoms with Crippen molar-refractivity contribution < 1.29 is 28.6 Å². The molecule has 0 heterocycles. The Hall–Kier alpha value is -1.59. The molecule has 0 radical (unpaired) electrons.